The molecule has 3 amide bonds. The topological polar surface area (TPSA) is 84.2 Å². The third-order valence-electron chi connectivity index (χ3n) is 2.61. The number of imide groups is 1. The molecule has 15 heavy (non-hydrogen) atoms. The first-order valence-corrected chi connectivity index (χ1v) is 6.10. The number of thioether (sulfide) groups is 1. The van der Waals surface area contributed by atoms with Crippen LogP contribution in [0.15, 0.2) is 0 Å². The van der Waals surface area contributed by atoms with Crippen molar-refractivity contribution in [2.75, 3.05) is 12.8 Å². The summed E-state index contributed by atoms with van der Waals surface area (Å²) in [4.78, 5) is 21.7. The van der Waals surface area contributed by atoms with E-state index in [1.54, 1.807) is 6.92 Å². The number of rotatable bonds is 5. The fraction of sp³-hybridized carbons (Fsp3) is 0.778. The highest BCUT2D eigenvalue weighted by Crippen LogP contribution is 2.46. The Bertz CT molecular complexity index is 266. The molecule has 1 atom stereocenters. The van der Waals surface area contributed by atoms with Crippen molar-refractivity contribution in [2.45, 2.75) is 30.6 Å². The molecule has 5 nitrogen and oxygen atoms in total. The molecule has 1 rings (SSSR count). The first-order valence-electron chi connectivity index (χ1n) is 4.88. The zero-order valence-electron chi connectivity index (χ0n) is 9.00. The summed E-state index contributed by atoms with van der Waals surface area (Å²) >= 11 is 1.82. The summed E-state index contributed by atoms with van der Waals surface area (Å²) in [5.74, 6) is -0.376. The van der Waals surface area contributed by atoms with E-state index in [1.165, 1.54) is 12.8 Å². The van der Waals surface area contributed by atoms with Gasteiger partial charge in [-0.2, -0.15) is 11.8 Å². The minimum Gasteiger partial charge on any atom is -0.351 e. The summed E-state index contributed by atoms with van der Waals surface area (Å²) in [6, 6.07) is -1.19. The van der Waals surface area contributed by atoms with Gasteiger partial charge in [-0.05, 0) is 26.0 Å². The summed E-state index contributed by atoms with van der Waals surface area (Å²) in [5, 5.41) is 5.15. The molecule has 86 valence electrons. The molecule has 0 spiro atoms. The number of urea groups is 1. The highest BCUT2D eigenvalue weighted by Gasteiger charge is 2.41. The van der Waals surface area contributed by atoms with Crippen molar-refractivity contribution in [2.24, 2.45) is 5.73 Å². The Labute approximate surface area is 93.5 Å². The van der Waals surface area contributed by atoms with E-state index in [4.69, 9.17) is 5.73 Å². The van der Waals surface area contributed by atoms with E-state index in [1.807, 2.05) is 17.1 Å². The highest BCUT2D eigenvalue weighted by atomic mass is 32.2. The van der Waals surface area contributed by atoms with Gasteiger partial charge < -0.3 is 11.1 Å². The number of hydrogen-bond acceptors (Lipinski definition) is 4. The predicted molar refractivity (Wildman–Crippen MR) is 60.7 cm³/mol. The third-order valence-corrected chi connectivity index (χ3v) is 4.03. The van der Waals surface area contributed by atoms with E-state index >= 15 is 0 Å². The van der Waals surface area contributed by atoms with Crippen molar-refractivity contribution in [3.8, 4) is 0 Å². The fourth-order valence-electron chi connectivity index (χ4n) is 1.25. The van der Waals surface area contributed by atoms with E-state index in [2.05, 4.69) is 11.6 Å². The summed E-state index contributed by atoms with van der Waals surface area (Å²) in [5.41, 5.74) is 4.85. The monoisotopic (exact) mass is 231 g/mol. The molecule has 0 aromatic rings. The van der Waals surface area contributed by atoms with E-state index in [0.717, 1.165) is 6.54 Å². The van der Waals surface area contributed by atoms with Crippen LogP contribution in [0.4, 0.5) is 4.79 Å². The van der Waals surface area contributed by atoms with E-state index in [0.29, 0.717) is 4.75 Å². The van der Waals surface area contributed by atoms with Gasteiger partial charge in [0.1, 0.15) is 0 Å². The Balaban J connectivity index is 2.26. The van der Waals surface area contributed by atoms with Crippen molar-refractivity contribution in [3.05, 3.63) is 0 Å². The van der Waals surface area contributed by atoms with E-state index in [-0.39, 0.29) is 11.9 Å². The molecule has 1 aliphatic rings. The molecule has 1 aliphatic carbocycles. The Morgan fingerprint density at radius 3 is 2.53 bits per heavy atom. The maximum Gasteiger partial charge on any atom is 0.318 e. The first-order chi connectivity index (χ1) is 6.99. The molecule has 4 N–H and O–H groups in total. The second-order valence-electron chi connectivity index (χ2n) is 3.84. The van der Waals surface area contributed by atoms with Gasteiger partial charge in [0.05, 0.1) is 6.04 Å². The molecule has 0 heterocycles. The lowest BCUT2D eigenvalue weighted by Crippen LogP contribution is -2.48. The van der Waals surface area contributed by atoms with E-state index in [9.17, 15) is 9.59 Å². The second kappa shape index (κ2) is 4.85. The van der Waals surface area contributed by atoms with E-state index < -0.39 is 6.03 Å². The Morgan fingerprint density at radius 1 is 1.53 bits per heavy atom. The van der Waals surface area contributed by atoms with Gasteiger partial charge in [0.2, 0.25) is 5.91 Å². The van der Waals surface area contributed by atoms with Crippen LogP contribution in [-0.4, -0.2) is 35.5 Å². The van der Waals surface area contributed by atoms with Gasteiger partial charge in [-0.25, -0.2) is 4.79 Å². The van der Waals surface area contributed by atoms with Crippen molar-refractivity contribution in [1.82, 2.24) is 10.6 Å². The quantitative estimate of drug-likeness (QED) is 0.624. The average Bonchev–Trinajstić information content (AvgIpc) is 2.94. The standard InChI is InChI=1S/C9H17N3O2S/c1-6(7(13)12-8(10)14)11-5-9(15-2)3-4-9/h6,11H,3-5H2,1-2H3,(H3,10,12,13,14). The smallest absolute Gasteiger partial charge is 0.318 e. The van der Waals surface area contributed by atoms with Crippen LogP contribution < -0.4 is 16.4 Å². The van der Waals surface area contributed by atoms with Crippen LogP contribution in [0.1, 0.15) is 19.8 Å². The number of amides is 3. The molecule has 1 unspecified atom stereocenters. The summed E-state index contributed by atoms with van der Waals surface area (Å²) < 4.78 is 0.307. The van der Waals surface area contributed by atoms with Gasteiger partial charge >= 0.3 is 6.03 Å². The lowest BCUT2D eigenvalue weighted by molar-refractivity contribution is -0.121. The number of nitrogens with two attached hydrogens (primary N) is 1. The third kappa shape index (κ3) is 3.71. The lowest BCUT2D eigenvalue weighted by Gasteiger charge is -2.17. The average molecular weight is 231 g/mol. The van der Waals surface area contributed by atoms with Crippen molar-refractivity contribution in [1.29, 1.82) is 0 Å². The van der Waals surface area contributed by atoms with Gasteiger partial charge in [-0.1, -0.05) is 0 Å². The van der Waals surface area contributed by atoms with Crippen LogP contribution in [-0.2, 0) is 4.79 Å². The summed E-state index contributed by atoms with van der Waals surface area (Å²) in [7, 11) is 0. The Morgan fingerprint density at radius 2 is 2.13 bits per heavy atom. The lowest BCUT2D eigenvalue weighted by atomic mass is 10.3. The Kier molecular flexibility index (Phi) is 3.98. The largest absolute Gasteiger partial charge is 0.351 e. The van der Waals surface area contributed by atoms with Crippen LogP contribution in [0.3, 0.4) is 0 Å². The molecular formula is C9H17N3O2S. The molecule has 0 saturated heterocycles. The molecule has 1 fully saturated rings. The molecule has 1 saturated carbocycles. The summed E-state index contributed by atoms with van der Waals surface area (Å²) in [6.45, 7) is 2.51. The van der Waals surface area contributed by atoms with Gasteiger partial charge in [0.15, 0.2) is 0 Å². The van der Waals surface area contributed by atoms with Gasteiger partial charge in [-0.3, -0.25) is 10.1 Å². The van der Waals surface area contributed by atoms with Crippen LogP contribution >= 0.6 is 11.8 Å². The number of hydrogen-bond donors (Lipinski definition) is 3. The van der Waals surface area contributed by atoms with Crippen molar-refractivity contribution >= 4 is 23.7 Å². The molecule has 0 aliphatic heterocycles. The maximum atomic E-state index is 11.3. The highest BCUT2D eigenvalue weighted by molar-refractivity contribution is 8.00. The molecule has 0 bridgehead atoms. The normalized spacial score (nSPS) is 19.3. The second-order valence-corrected chi connectivity index (χ2v) is 5.12. The number of primary amides is 1. The Hall–Kier alpha value is -0.750. The van der Waals surface area contributed by atoms with Gasteiger partial charge in [-0.15, -0.1) is 0 Å². The molecule has 0 aromatic heterocycles. The van der Waals surface area contributed by atoms with Crippen LogP contribution in [0.2, 0.25) is 0 Å². The van der Waals surface area contributed by atoms with Crippen molar-refractivity contribution < 1.29 is 9.59 Å². The number of nitrogens with one attached hydrogen (secondary N) is 2. The summed E-state index contributed by atoms with van der Waals surface area (Å²) in [6.07, 6.45) is 4.44. The first kappa shape index (κ1) is 12.3. The molecule has 0 radical (unpaired) electrons. The molecule has 6 heteroatoms. The zero-order valence-corrected chi connectivity index (χ0v) is 9.82. The molecule has 0 aromatic carbocycles. The minimum atomic E-state index is -0.806. The SMILES string of the molecule is CSC1(CNC(C)C(=O)NC(N)=O)CC1. The van der Waals surface area contributed by atoms with Crippen LogP contribution in [0.5, 0.6) is 0 Å². The zero-order chi connectivity index (χ0) is 11.5. The predicted octanol–water partition coefficient (Wildman–Crippen LogP) is 0.0550. The minimum absolute atomic E-state index is 0.307. The van der Waals surface area contributed by atoms with Crippen LogP contribution in [0.25, 0.3) is 0 Å². The van der Waals surface area contributed by atoms with Gasteiger partial charge in [0.25, 0.3) is 0 Å². The van der Waals surface area contributed by atoms with Gasteiger partial charge in [0, 0.05) is 11.3 Å². The number of carbonyl (C=O) groups is 2. The fourth-order valence-corrected chi connectivity index (χ4v) is 1.99. The van der Waals surface area contributed by atoms with Crippen LogP contribution in [0, 0.1) is 0 Å². The number of carbonyl (C=O) groups excluding carboxylic acids is 2. The maximum absolute atomic E-state index is 11.3. The van der Waals surface area contributed by atoms with Crippen molar-refractivity contribution in [3.63, 3.8) is 0 Å². The molecular weight excluding hydrogens is 214 g/mol.